The number of aliphatic hydroxyl groups excluding tert-OH is 1. The Bertz CT molecular complexity index is 600. The highest BCUT2D eigenvalue weighted by Crippen LogP contribution is 2.05. The third-order valence-corrected chi connectivity index (χ3v) is 3.57. The van der Waals surface area contributed by atoms with Gasteiger partial charge in [0, 0.05) is 43.9 Å². The van der Waals surface area contributed by atoms with E-state index in [1.54, 1.807) is 23.1 Å². The van der Waals surface area contributed by atoms with Crippen molar-refractivity contribution < 1.29 is 9.90 Å². The summed E-state index contributed by atoms with van der Waals surface area (Å²) in [4.78, 5) is 15.9. The summed E-state index contributed by atoms with van der Waals surface area (Å²) in [7, 11) is 0. The zero-order valence-electron chi connectivity index (χ0n) is 13.3. The van der Waals surface area contributed by atoms with Gasteiger partial charge in [0.25, 0.3) is 0 Å². The van der Waals surface area contributed by atoms with E-state index in [0.29, 0.717) is 12.2 Å². The number of aliphatic hydroxyl groups is 1. The molecule has 1 unspecified atom stereocenters. The van der Waals surface area contributed by atoms with Gasteiger partial charge in [-0.15, -0.1) is 0 Å². The van der Waals surface area contributed by atoms with Gasteiger partial charge in [0.2, 0.25) is 0 Å². The molecule has 0 aliphatic carbocycles. The van der Waals surface area contributed by atoms with Crippen LogP contribution in [0.25, 0.3) is 0 Å². The molecule has 7 nitrogen and oxygen atoms in total. The summed E-state index contributed by atoms with van der Waals surface area (Å²) in [5.74, 6) is 0.510. The molecular weight excluding hydrogens is 294 g/mol. The molecule has 2 heterocycles. The first-order chi connectivity index (χ1) is 11.2. The lowest BCUT2D eigenvalue weighted by atomic mass is 10.2. The van der Waals surface area contributed by atoms with E-state index >= 15 is 0 Å². The van der Waals surface area contributed by atoms with Crippen molar-refractivity contribution in [2.24, 2.45) is 0 Å². The van der Waals surface area contributed by atoms with E-state index in [-0.39, 0.29) is 18.7 Å². The number of hydrogen-bond acceptors (Lipinski definition) is 4. The summed E-state index contributed by atoms with van der Waals surface area (Å²) >= 11 is 0. The lowest BCUT2D eigenvalue weighted by Gasteiger charge is -2.15. The van der Waals surface area contributed by atoms with Crippen molar-refractivity contribution in [1.82, 2.24) is 20.1 Å². The molecule has 1 atom stereocenters. The van der Waals surface area contributed by atoms with E-state index in [9.17, 15) is 4.79 Å². The molecule has 0 aliphatic rings. The van der Waals surface area contributed by atoms with Crippen molar-refractivity contribution in [2.45, 2.75) is 38.8 Å². The van der Waals surface area contributed by atoms with Crippen LogP contribution in [0.2, 0.25) is 0 Å². The first kappa shape index (κ1) is 17.0. The number of urea groups is 1. The molecule has 0 bridgehead atoms. The molecule has 0 saturated carbocycles. The number of pyridine rings is 1. The fourth-order valence-electron chi connectivity index (χ4n) is 2.22. The van der Waals surface area contributed by atoms with Crippen LogP contribution in [-0.4, -0.2) is 38.6 Å². The average molecular weight is 317 g/mol. The maximum absolute atomic E-state index is 11.9. The first-order valence-corrected chi connectivity index (χ1v) is 7.82. The largest absolute Gasteiger partial charge is 0.396 e. The Kier molecular flexibility index (Phi) is 6.56. The Morgan fingerprint density at radius 1 is 1.35 bits per heavy atom. The van der Waals surface area contributed by atoms with Gasteiger partial charge in [0.05, 0.1) is 0 Å². The second kappa shape index (κ2) is 8.89. The summed E-state index contributed by atoms with van der Waals surface area (Å²) in [6.07, 6.45) is 7.54. The van der Waals surface area contributed by atoms with Crippen LogP contribution in [0, 0.1) is 0 Å². The Labute approximate surface area is 135 Å². The molecule has 0 saturated heterocycles. The molecule has 7 heteroatoms. The van der Waals surface area contributed by atoms with Gasteiger partial charge in [-0.3, -0.25) is 15.0 Å². The molecule has 124 valence electrons. The first-order valence-electron chi connectivity index (χ1n) is 7.82. The molecule has 0 spiro atoms. The third kappa shape index (κ3) is 5.71. The topological polar surface area (TPSA) is 92.1 Å². The third-order valence-electron chi connectivity index (χ3n) is 3.57. The molecule has 0 aliphatic heterocycles. The second-order valence-corrected chi connectivity index (χ2v) is 5.29. The zero-order valence-corrected chi connectivity index (χ0v) is 13.3. The fourth-order valence-corrected chi connectivity index (χ4v) is 2.22. The SMILES string of the molecule is CCC(CCO)NC(=O)Nc1ccn(CCc2ccncc2)n1. The number of carbonyl (C=O) groups excluding carboxylic acids is 1. The van der Waals surface area contributed by atoms with Crippen molar-refractivity contribution in [3.05, 3.63) is 42.4 Å². The maximum Gasteiger partial charge on any atom is 0.320 e. The molecule has 23 heavy (non-hydrogen) atoms. The van der Waals surface area contributed by atoms with Crippen LogP contribution in [0.5, 0.6) is 0 Å². The van der Waals surface area contributed by atoms with Gasteiger partial charge in [-0.2, -0.15) is 5.10 Å². The van der Waals surface area contributed by atoms with Crippen molar-refractivity contribution in [1.29, 1.82) is 0 Å². The number of hydrogen-bond donors (Lipinski definition) is 3. The van der Waals surface area contributed by atoms with Gasteiger partial charge in [-0.25, -0.2) is 4.79 Å². The van der Waals surface area contributed by atoms with Gasteiger partial charge >= 0.3 is 6.03 Å². The van der Waals surface area contributed by atoms with E-state index in [2.05, 4.69) is 20.7 Å². The minimum absolute atomic E-state index is 0.0335. The van der Waals surface area contributed by atoms with Crippen molar-refractivity contribution in [3.8, 4) is 0 Å². The van der Waals surface area contributed by atoms with Gasteiger partial charge in [-0.05, 0) is 37.0 Å². The number of aryl methyl sites for hydroxylation is 2. The molecule has 3 N–H and O–H groups in total. The zero-order chi connectivity index (χ0) is 16.5. The summed E-state index contributed by atoms with van der Waals surface area (Å²) in [6.45, 7) is 2.76. The van der Waals surface area contributed by atoms with Gasteiger partial charge in [-0.1, -0.05) is 6.92 Å². The number of anilines is 1. The lowest BCUT2D eigenvalue weighted by molar-refractivity contribution is 0.237. The highest BCUT2D eigenvalue weighted by atomic mass is 16.3. The number of amides is 2. The average Bonchev–Trinajstić information content (AvgIpc) is 3.00. The summed E-state index contributed by atoms with van der Waals surface area (Å²) < 4.78 is 1.79. The van der Waals surface area contributed by atoms with E-state index in [4.69, 9.17) is 5.11 Å². The van der Waals surface area contributed by atoms with Crippen LogP contribution in [0.15, 0.2) is 36.8 Å². The van der Waals surface area contributed by atoms with Crippen LogP contribution in [0.3, 0.4) is 0 Å². The summed E-state index contributed by atoms with van der Waals surface area (Å²) in [6, 6.07) is 5.38. The molecule has 0 aromatic carbocycles. The summed E-state index contributed by atoms with van der Waals surface area (Å²) in [5.41, 5.74) is 1.19. The van der Waals surface area contributed by atoms with Gasteiger partial charge < -0.3 is 10.4 Å². The van der Waals surface area contributed by atoms with Crippen LogP contribution < -0.4 is 10.6 Å². The standard InChI is InChI=1S/C16H23N5O2/c1-2-14(7-12-22)18-16(23)19-15-6-11-21(20-15)10-5-13-3-8-17-9-4-13/h3-4,6,8-9,11,14,22H,2,5,7,10,12H2,1H3,(H2,18,19,20,23). The van der Waals surface area contributed by atoms with Gasteiger partial charge in [0.1, 0.15) is 0 Å². The Morgan fingerprint density at radius 2 is 2.13 bits per heavy atom. The normalized spacial score (nSPS) is 11.9. The molecular formula is C16H23N5O2. The molecule has 2 amide bonds. The predicted octanol–water partition coefficient (Wildman–Crippen LogP) is 1.80. The number of rotatable bonds is 8. The Morgan fingerprint density at radius 3 is 2.83 bits per heavy atom. The van der Waals surface area contributed by atoms with E-state index < -0.39 is 0 Å². The van der Waals surface area contributed by atoms with Crippen LogP contribution >= 0.6 is 0 Å². The van der Waals surface area contributed by atoms with E-state index in [0.717, 1.165) is 19.4 Å². The Balaban J connectivity index is 1.81. The Hall–Kier alpha value is -2.41. The highest BCUT2D eigenvalue weighted by molar-refractivity contribution is 5.88. The minimum atomic E-state index is -0.301. The number of aromatic nitrogens is 3. The highest BCUT2D eigenvalue weighted by Gasteiger charge is 2.10. The smallest absolute Gasteiger partial charge is 0.320 e. The number of carbonyl (C=O) groups is 1. The fraction of sp³-hybridized carbons (Fsp3) is 0.438. The van der Waals surface area contributed by atoms with Crippen molar-refractivity contribution in [2.75, 3.05) is 11.9 Å². The van der Waals surface area contributed by atoms with Crippen LogP contribution in [0.1, 0.15) is 25.3 Å². The van der Waals surface area contributed by atoms with E-state index in [1.165, 1.54) is 5.56 Å². The number of nitrogens with zero attached hydrogens (tertiary/aromatic N) is 3. The monoisotopic (exact) mass is 317 g/mol. The molecule has 2 rings (SSSR count). The van der Waals surface area contributed by atoms with E-state index in [1.807, 2.05) is 25.3 Å². The number of nitrogens with one attached hydrogen (secondary N) is 2. The van der Waals surface area contributed by atoms with Crippen molar-refractivity contribution >= 4 is 11.8 Å². The quantitative estimate of drug-likeness (QED) is 0.692. The lowest BCUT2D eigenvalue weighted by Crippen LogP contribution is -2.38. The van der Waals surface area contributed by atoms with Crippen molar-refractivity contribution in [3.63, 3.8) is 0 Å². The molecule has 2 aromatic rings. The predicted molar refractivity (Wildman–Crippen MR) is 88.1 cm³/mol. The molecule has 2 aromatic heterocycles. The van der Waals surface area contributed by atoms with Gasteiger partial charge in [0.15, 0.2) is 5.82 Å². The summed E-state index contributed by atoms with van der Waals surface area (Å²) in [5, 5.41) is 18.8. The maximum atomic E-state index is 11.9. The van der Waals surface area contributed by atoms with Crippen LogP contribution in [-0.2, 0) is 13.0 Å². The van der Waals surface area contributed by atoms with Crippen LogP contribution in [0.4, 0.5) is 10.6 Å². The molecule has 0 fully saturated rings. The minimum Gasteiger partial charge on any atom is -0.396 e. The second-order valence-electron chi connectivity index (χ2n) is 5.29. The molecule has 0 radical (unpaired) electrons.